The van der Waals surface area contributed by atoms with Gasteiger partial charge >= 0.3 is 0 Å². The van der Waals surface area contributed by atoms with Gasteiger partial charge in [0.1, 0.15) is 22.5 Å². The third-order valence-electron chi connectivity index (χ3n) is 5.59. The number of carbonyl (C=O) groups excluding carboxylic acids is 1. The van der Waals surface area contributed by atoms with E-state index < -0.39 is 0 Å². The van der Waals surface area contributed by atoms with E-state index in [0.29, 0.717) is 30.7 Å². The number of pyridine rings is 1. The molecule has 4 aromatic rings. The third-order valence-corrected chi connectivity index (χ3v) is 6.40. The highest BCUT2D eigenvalue weighted by molar-refractivity contribution is 7.16. The van der Waals surface area contributed by atoms with E-state index in [1.54, 1.807) is 17.6 Å². The molecule has 3 aromatic heterocycles. The number of carbonyl (C=O) groups is 1. The van der Waals surface area contributed by atoms with Gasteiger partial charge in [0.25, 0.3) is 5.91 Å². The summed E-state index contributed by atoms with van der Waals surface area (Å²) in [5, 5.41) is 6.15. The van der Waals surface area contributed by atoms with Crippen molar-refractivity contribution in [1.82, 2.24) is 15.3 Å². The number of fused-ring (bicyclic) bond motifs is 1. The fraction of sp³-hybridized carbons (Fsp3) is 0.292. The normalized spacial score (nSPS) is 16.1. The lowest BCUT2D eigenvalue weighted by molar-refractivity contribution is 0.0940. The standard InChI is InChI=1S/C24H23N3O3S/c1-15-26-22(14-30-15)18-4-2-16(3-5-18)10-19-11-21(27-24-20(19)7-9-31-24)23(28)25-12-17-6-8-29-13-17/h2-5,7,9,11,14,17H,6,8,10,12-13H2,1H3,(H,25,28). The molecule has 0 radical (unpaired) electrons. The first-order valence-electron chi connectivity index (χ1n) is 10.4. The molecule has 7 heteroatoms. The van der Waals surface area contributed by atoms with Gasteiger partial charge < -0.3 is 14.5 Å². The SMILES string of the molecule is Cc1nc(-c2ccc(Cc3cc(C(=O)NCC4CCOC4)nc4sccc34)cc2)co1. The second kappa shape index (κ2) is 8.61. The Hall–Kier alpha value is -3.03. The van der Waals surface area contributed by atoms with Crippen LogP contribution < -0.4 is 5.32 Å². The molecule has 1 saturated heterocycles. The second-order valence-electron chi connectivity index (χ2n) is 7.87. The topological polar surface area (TPSA) is 77.2 Å². The number of amides is 1. The average Bonchev–Trinajstić information content (AvgIpc) is 3.54. The van der Waals surface area contributed by atoms with Crippen LogP contribution in [-0.2, 0) is 11.2 Å². The maximum atomic E-state index is 12.7. The summed E-state index contributed by atoms with van der Waals surface area (Å²) in [5.74, 6) is 0.920. The Balaban J connectivity index is 1.36. The lowest BCUT2D eigenvalue weighted by Gasteiger charge is -2.11. The first-order valence-corrected chi connectivity index (χ1v) is 11.3. The van der Waals surface area contributed by atoms with E-state index in [-0.39, 0.29) is 5.91 Å². The Bertz CT molecular complexity index is 1210. The fourth-order valence-electron chi connectivity index (χ4n) is 3.86. The quantitative estimate of drug-likeness (QED) is 0.480. The van der Waals surface area contributed by atoms with Gasteiger partial charge in [-0.05, 0) is 41.5 Å². The van der Waals surface area contributed by atoms with Crippen molar-refractivity contribution in [2.75, 3.05) is 19.8 Å². The molecular weight excluding hydrogens is 410 g/mol. The maximum absolute atomic E-state index is 12.7. The zero-order chi connectivity index (χ0) is 21.2. The lowest BCUT2D eigenvalue weighted by atomic mass is 10.0. The van der Waals surface area contributed by atoms with Crippen molar-refractivity contribution in [3.63, 3.8) is 0 Å². The van der Waals surface area contributed by atoms with Gasteiger partial charge in [0.05, 0.1) is 6.61 Å². The molecule has 1 atom stereocenters. The van der Waals surface area contributed by atoms with Gasteiger partial charge in [-0.15, -0.1) is 11.3 Å². The van der Waals surface area contributed by atoms with Gasteiger partial charge in [-0.3, -0.25) is 4.79 Å². The Labute approximate surface area is 184 Å². The zero-order valence-corrected chi connectivity index (χ0v) is 18.1. The van der Waals surface area contributed by atoms with Crippen LogP contribution in [0.3, 0.4) is 0 Å². The van der Waals surface area contributed by atoms with Crippen LogP contribution in [0.25, 0.3) is 21.5 Å². The van der Waals surface area contributed by atoms with Crippen LogP contribution >= 0.6 is 11.3 Å². The molecule has 1 aliphatic heterocycles. The van der Waals surface area contributed by atoms with Gasteiger partial charge in [-0.2, -0.15) is 0 Å². The van der Waals surface area contributed by atoms with E-state index >= 15 is 0 Å². The van der Waals surface area contributed by atoms with Crippen molar-refractivity contribution >= 4 is 27.5 Å². The molecule has 0 spiro atoms. The number of rotatable bonds is 6. The molecule has 0 saturated carbocycles. The predicted molar refractivity (Wildman–Crippen MR) is 120 cm³/mol. The molecule has 1 aromatic carbocycles. The number of nitrogens with zero attached hydrogens (tertiary/aromatic N) is 2. The van der Waals surface area contributed by atoms with E-state index in [1.807, 2.05) is 18.4 Å². The summed E-state index contributed by atoms with van der Waals surface area (Å²) in [6.07, 6.45) is 3.39. The number of ether oxygens (including phenoxy) is 1. The summed E-state index contributed by atoms with van der Waals surface area (Å²) in [4.78, 5) is 22.6. The molecule has 0 bridgehead atoms. The van der Waals surface area contributed by atoms with Gasteiger partial charge in [0.15, 0.2) is 5.89 Å². The first kappa shape index (κ1) is 19.9. The number of aryl methyl sites for hydroxylation is 1. The molecule has 1 aliphatic rings. The van der Waals surface area contributed by atoms with E-state index in [0.717, 1.165) is 52.0 Å². The summed E-state index contributed by atoms with van der Waals surface area (Å²) >= 11 is 1.56. The van der Waals surface area contributed by atoms with Crippen LogP contribution in [0.2, 0.25) is 0 Å². The Morgan fingerprint density at radius 3 is 2.84 bits per heavy atom. The summed E-state index contributed by atoms with van der Waals surface area (Å²) < 4.78 is 10.7. The van der Waals surface area contributed by atoms with Crippen molar-refractivity contribution < 1.29 is 13.9 Å². The van der Waals surface area contributed by atoms with Crippen LogP contribution in [0, 0.1) is 12.8 Å². The summed E-state index contributed by atoms with van der Waals surface area (Å²) in [6, 6.07) is 12.3. The minimum Gasteiger partial charge on any atom is -0.449 e. The molecule has 1 amide bonds. The minimum absolute atomic E-state index is 0.125. The van der Waals surface area contributed by atoms with Crippen LogP contribution in [0.5, 0.6) is 0 Å². The minimum atomic E-state index is -0.125. The highest BCUT2D eigenvalue weighted by Gasteiger charge is 2.18. The third kappa shape index (κ3) is 4.38. The van der Waals surface area contributed by atoms with Crippen molar-refractivity contribution in [3.05, 3.63) is 70.8 Å². The van der Waals surface area contributed by atoms with E-state index in [4.69, 9.17) is 9.15 Å². The number of aromatic nitrogens is 2. The van der Waals surface area contributed by atoms with Crippen LogP contribution in [0.1, 0.15) is 33.9 Å². The fourth-order valence-corrected chi connectivity index (χ4v) is 4.67. The number of benzene rings is 1. The van der Waals surface area contributed by atoms with Crippen molar-refractivity contribution in [1.29, 1.82) is 0 Å². The van der Waals surface area contributed by atoms with Crippen LogP contribution in [0.15, 0.2) is 52.5 Å². The first-order chi connectivity index (χ1) is 15.2. The molecule has 1 N–H and O–H groups in total. The molecule has 6 nitrogen and oxygen atoms in total. The number of thiophene rings is 1. The maximum Gasteiger partial charge on any atom is 0.269 e. The van der Waals surface area contributed by atoms with Crippen molar-refractivity contribution in [2.24, 2.45) is 5.92 Å². The van der Waals surface area contributed by atoms with E-state index in [2.05, 4.69) is 45.6 Å². The van der Waals surface area contributed by atoms with Gasteiger partial charge in [-0.25, -0.2) is 9.97 Å². The van der Waals surface area contributed by atoms with E-state index in [1.165, 1.54) is 0 Å². The molecule has 4 heterocycles. The zero-order valence-electron chi connectivity index (χ0n) is 17.3. The molecule has 5 rings (SSSR count). The molecule has 31 heavy (non-hydrogen) atoms. The predicted octanol–water partition coefficient (Wildman–Crippen LogP) is 4.62. The Kier molecular flexibility index (Phi) is 5.53. The van der Waals surface area contributed by atoms with E-state index in [9.17, 15) is 4.79 Å². The van der Waals surface area contributed by atoms with Crippen LogP contribution in [0.4, 0.5) is 0 Å². The number of nitrogens with one attached hydrogen (secondary N) is 1. The number of hydrogen-bond donors (Lipinski definition) is 1. The summed E-state index contributed by atoms with van der Waals surface area (Å²) in [5.41, 5.74) is 4.59. The van der Waals surface area contributed by atoms with Gasteiger partial charge in [0.2, 0.25) is 0 Å². The summed E-state index contributed by atoms with van der Waals surface area (Å²) in [7, 11) is 0. The number of oxazole rings is 1. The highest BCUT2D eigenvalue weighted by atomic mass is 32.1. The molecule has 158 valence electrons. The Morgan fingerprint density at radius 2 is 2.10 bits per heavy atom. The average molecular weight is 434 g/mol. The monoisotopic (exact) mass is 433 g/mol. The lowest BCUT2D eigenvalue weighted by Crippen LogP contribution is -2.30. The number of hydrogen-bond acceptors (Lipinski definition) is 6. The highest BCUT2D eigenvalue weighted by Crippen LogP contribution is 2.27. The summed E-state index contributed by atoms with van der Waals surface area (Å²) in [6.45, 7) is 3.95. The Morgan fingerprint density at radius 1 is 1.23 bits per heavy atom. The largest absolute Gasteiger partial charge is 0.449 e. The van der Waals surface area contributed by atoms with Crippen LogP contribution in [-0.4, -0.2) is 35.6 Å². The molecular formula is C24H23N3O3S. The van der Waals surface area contributed by atoms with Crippen molar-refractivity contribution in [2.45, 2.75) is 19.8 Å². The van der Waals surface area contributed by atoms with Gasteiger partial charge in [0, 0.05) is 36.9 Å². The van der Waals surface area contributed by atoms with Crippen molar-refractivity contribution in [3.8, 4) is 11.3 Å². The molecule has 1 unspecified atom stereocenters. The molecule has 0 aliphatic carbocycles. The molecule has 1 fully saturated rings. The smallest absolute Gasteiger partial charge is 0.269 e. The van der Waals surface area contributed by atoms with Gasteiger partial charge in [-0.1, -0.05) is 24.3 Å². The second-order valence-corrected chi connectivity index (χ2v) is 8.77.